The number of halogens is 1. The Hall–Kier alpha value is -0.580. The normalized spacial score (nSPS) is 18.0. The molecule has 1 aromatic heterocycles. The summed E-state index contributed by atoms with van der Waals surface area (Å²) in [4.78, 5) is 0. The summed E-state index contributed by atoms with van der Waals surface area (Å²) in [6, 6.07) is 0.306. The van der Waals surface area contributed by atoms with Crippen LogP contribution < -0.4 is 5.32 Å². The van der Waals surface area contributed by atoms with Crippen molar-refractivity contribution < 1.29 is 4.74 Å². The van der Waals surface area contributed by atoms with Gasteiger partial charge in [0.05, 0.1) is 22.5 Å². The second-order valence-electron chi connectivity index (χ2n) is 5.99. The van der Waals surface area contributed by atoms with Gasteiger partial charge in [-0.1, -0.05) is 25.4 Å². The van der Waals surface area contributed by atoms with Gasteiger partial charge in [0.15, 0.2) is 0 Å². The van der Waals surface area contributed by atoms with E-state index in [2.05, 4.69) is 24.3 Å². The van der Waals surface area contributed by atoms with Crippen molar-refractivity contribution in [1.82, 2.24) is 15.1 Å². The summed E-state index contributed by atoms with van der Waals surface area (Å²) in [5.41, 5.74) is 2.11. The van der Waals surface area contributed by atoms with Crippen LogP contribution >= 0.6 is 11.6 Å². The molecule has 5 heteroatoms. The first-order chi connectivity index (χ1) is 10.1. The minimum Gasteiger partial charge on any atom is -0.380 e. The van der Waals surface area contributed by atoms with Gasteiger partial charge in [0.1, 0.15) is 0 Å². The standard InChI is InChI=1S/C16H28ClN3O/c1-5-9-18-13(16(21-4)11-7-8-11)10-14-15(17)12(6-2)19-20(14)3/h11,13,16,18H,5-10H2,1-4H3. The van der Waals surface area contributed by atoms with Crippen LogP contribution in [0.5, 0.6) is 0 Å². The number of aromatic nitrogens is 2. The fraction of sp³-hybridized carbons (Fsp3) is 0.812. The predicted octanol–water partition coefficient (Wildman–Crippen LogP) is 2.97. The molecule has 1 aliphatic rings. The number of rotatable bonds is 9. The van der Waals surface area contributed by atoms with E-state index in [1.807, 2.05) is 18.8 Å². The van der Waals surface area contributed by atoms with E-state index in [0.29, 0.717) is 12.0 Å². The Morgan fingerprint density at radius 1 is 1.43 bits per heavy atom. The summed E-state index contributed by atoms with van der Waals surface area (Å²) in [5.74, 6) is 0.696. The van der Waals surface area contributed by atoms with Crippen LogP contribution in [-0.4, -0.2) is 35.6 Å². The molecular formula is C16H28ClN3O. The van der Waals surface area contributed by atoms with Gasteiger partial charge in [0, 0.05) is 26.6 Å². The lowest BCUT2D eigenvalue weighted by molar-refractivity contribution is 0.0506. The van der Waals surface area contributed by atoms with E-state index >= 15 is 0 Å². The molecule has 2 unspecified atom stereocenters. The van der Waals surface area contributed by atoms with E-state index in [1.165, 1.54) is 12.8 Å². The molecule has 0 bridgehead atoms. The molecule has 0 radical (unpaired) electrons. The molecule has 0 aromatic carbocycles. The summed E-state index contributed by atoms with van der Waals surface area (Å²) in [5, 5.41) is 9.00. The summed E-state index contributed by atoms with van der Waals surface area (Å²) >= 11 is 6.50. The molecule has 1 heterocycles. The molecular weight excluding hydrogens is 286 g/mol. The third-order valence-corrected chi connectivity index (χ3v) is 4.76. The fourth-order valence-corrected chi connectivity index (χ4v) is 3.36. The van der Waals surface area contributed by atoms with Crippen molar-refractivity contribution in [2.45, 2.75) is 58.1 Å². The van der Waals surface area contributed by atoms with Crippen LogP contribution in [0.3, 0.4) is 0 Å². The highest BCUT2D eigenvalue weighted by atomic mass is 35.5. The Morgan fingerprint density at radius 2 is 2.14 bits per heavy atom. The Kier molecular flexibility index (Phi) is 6.08. The van der Waals surface area contributed by atoms with Crippen molar-refractivity contribution in [2.75, 3.05) is 13.7 Å². The Morgan fingerprint density at radius 3 is 2.62 bits per heavy atom. The highest BCUT2D eigenvalue weighted by Crippen LogP contribution is 2.36. The molecule has 2 atom stereocenters. The molecule has 1 saturated carbocycles. The maximum absolute atomic E-state index is 6.50. The van der Waals surface area contributed by atoms with Crippen molar-refractivity contribution in [3.63, 3.8) is 0 Å². The minimum atomic E-state index is 0.271. The average Bonchev–Trinajstić information content (AvgIpc) is 3.27. The smallest absolute Gasteiger partial charge is 0.0850 e. The Bertz CT molecular complexity index is 457. The third kappa shape index (κ3) is 3.99. The van der Waals surface area contributed by atoms with Crippen LogP contribution in [-0.2, 0) is 24.6 Å². The highest BCUT2D eigenvalue weighted by molar-refractivity contribution is 6.31. The number of nitrogens with one attached hydrogen (secondary N) is 1. The van der Waals surface area contributed by atoms with E-state index in [1.54, 1.807) is 0 Å². The SMILES string of the molecule is CCCNC(Cc1c(Cl)c(CC)nn1C)C(OC)C1CC1. The van der Waals surface area contributed by atoms with Crippen LogP contribution in [0.4, 0.5) is 0 Å². The van der Waals surface area contributed by atoms with Crippen molar-refractivity contribution in [3.05, 3.63) is 16.4 Å². The molecule has 0 aliphatic heterocycles. The molecule has 0 amide bonds. The van der Waals surface area contributed by atoms with Crippen molar-refractivity contribution in [2.24, 2.45) is 13.0 Å². The van der Waals surface area contributed by atoms with E-state index < -0.39 is 0 Å². The maximum Gasteiger partial charge on any atom is 0.0850 e. The first-order valence-electron chi connectivity index (χ1n) is 8.08. The number of aryl methyl sites for hydroxylation is 2. The van der Waals surface area contributed by atoms with Gasteiger partial charge in [-0.05, 0) is 38.1 Å². The van der Waals surface area contributed by atoms with Crippen molar-refractivity contribution >= 4 is 11.6 Å². The molecule has 2 rings (SSSR count). The monoisotopic (exact) mass is 313 g/mol. The van der Waals surface area contributed by atoms with Gasteiger partial charge in [-0.3, -0.25) is 4.68 Å². The van der Waals surface area contributed by atoms with E-state index in [4.69, 9.17) is 16.3 Å². The Labute approximate surface area is 133 Å². The van der Waals surface area contributed by atoms with Gasteiger partial charge in [0.2, 0.25) is 0 Å². The minimum absolute atomic E-state index is 0.271. The lowest BCUT2D eigenvalue weighted by Gasteiger charge is -2.27. The number of methoxy groups -OCH3 is 1. The van der Waals surface area contributed by atoms with Crippen LogP contribution in [0, 0.1) is 5.92 Å². The average molecular weight is 314 g/mol. The topological polar surface area (TPSA) is 39.1 Å². The van der Waals surface area contributed by atoms with E-state index in [-0.39, 0.29) is 6.10 Å². The number of hydrogen-bond donors (Lipinski definition) is 1. The second-order valence-corrected chi connectivity index (χ2v) is 6.36. The largest absolute Gasteiger partial charge is 0.380 e. The highest BCUT2D eigenvalue weighted by Gasteiger charge is 2.37. The quantitative estimate of drug-likeness (QED) is 0.762. The molecule has 1 aliphatic carbocycles. The molecule has 0 saturated heterocycles. The van der Waals surface area contributed by atoms with E-state index in [0.717, 1.165) is 42.2 Å². The number of nitrogens with zero attached hydrogens (tertiary/aromatic N) is 2. The number of hydrogen-bond acceptors (Lipinski definition) is 3. The molecule has 0 spiro atoms. The summed E-state index contributed by atoms with van der Waals surface area (Å²) in [6.45, 7) is 5.29. The third-order valence-electron chi connectivity index (χ3n) is 4.33. The molecule has 21 heavy (non-hydrogen) atoms. The van der Waals surface area contributed by atoms with Gasteiger partial charge < -0.3 is 10.1 Å². The lowest BCUT2D eigenvalue weighted by atomic mass is 10.0. The zero-order valence-corrected chi connectivity index (χ0v) is 14.4. The lowest BCUT2D eigenvalue weighted by Crippen LogP contribution is -2.44. The first-order valence-corrected chi connectivity index (χ1v) is 8.46. The zero-order chi connectivity index (χ0) is 15.4. The van der Waals surface area contributed by atoms with Crippen molar-refractivity contribution in [3.8, 4) is 0 Å². The van der Waals surface area contributed by atoms with Gasteiger partial charge in [-0.15, -0.1) is 0 Å². The maximum atomic E-state index is 6.50. The molecule has 1 aromatic rings. The van der Waals surface area contributed by atoms with Gasteiger partial charge in [-0.2, -0.15) is 5.10 Å². The van der Waals surface area contributed by atoms with Gasteiger partial charge in [0.25, 0.3) is 0 Å². The van der Waals surface area contributed by atoms with Gasteiger partial charge in [-0.25, -0.2) is 0 Å². The number of ether oxygens (including phenoxy) is 1. The van der Waals surface area contributed by atoms with Crippen LogP contribution in [0.2, 0.25) is 5.02 Å². The molecule has 1 N–H and O–H groups in total. The van der Waals surface area contributed by atoms with Crippen molar-refractivity contribution in [1.29, 1.82) is 0 Å². The zero-order valence-electron chi connectivity index (χ0n) is 13.7. The molecule has 4 nitrogen and oxygen atoms in total. The van der Waals surface area contributed by atoms with Crippen LogP contribution in [0.15, 0.2) is 0 Å². The predicted molar refractivity (Wildman–Crippen MR) is 86.9 cm³/mol. The van der Waals surface area contributed by atoms with Crippen LogP contribution in [0.25, 0.3) is 0 Å². The van der Waals surface area contributed by atoms with E-state index in [9.17, 15) is 0 Å². The molecule has 120 valence electrons. The molecule has 1 fully saturated rings. The fourth-order valence-electron chi connectivity index (χ4n) is 2.99. The van der Waals surface area contributed by atoms with Crippen LogP contribution in [0.1, 0.15) is 44.5 Å². The summed E-state index contributed by atoms with van der Waals surface area (Å²) in [7, 11) is 3.81. The first kappa shape index (κ1) is 16.8. The Balaban J connectivity index is 2.15. The second kappa shape index (κ2) is 7.61. The summed E-state index contributed by atoms with van der Waals surface area (Å²) < 4.78 is 7.72. The summed E-state index contributed by atoms with van der Waals surface area (Å²) in [6.07, 6.45) is 5.70. The van der Waals surface area contributed by atoms with Gasteiger partial charge >= 0.3 is 0 Å².